The van der Waals surface area contributed by atoms with Crippen LogP contribution in [0.25, 0.3) is 0 Å². The molecule has 1 aromatic rings. The van der Waals surface area contributed by atoms with Gasteiger partial charge >= 0.3 is 0 Å². The van der Waals surface area contributed by atoms with Crippen molar-refractivity contribution in [3.63, 3.8) is 0 Å². The van der Waals surface area contributed by atoms with Crippen LogP contribution >= 0.6 is 0 Å². The third kappa shape index (κ3) is 2.54. The zero-order valence-corrected chi connectivity index (χ0v) is 10.4. The van der Waals surface area contributed by atoms with Crippen LogP contribution in [-0.2, 0) is 0 Å². The van der Waals surface area contributed by atoms with E-state index in [2.05, 4.69) is 14.9 Å². The van der Waals surface area contributed by atoms with Crippen molar-refractivity contribution in [1.82, 2.24) is 9.97 Å². The number of nitrogens with zero attached hydrogens (tertiary/aromatic N) is 3. The molecule has 1 aromatic heterocycles. The molecule has 2 heterocycles. The Morgan fingerprint density at radius 1 is 1.41 bits per heavy atom. The van der Waals surface area contributed by atoms with Gasteiger partial charge in [0, 0.05) is 25.2 Å². The zero-order chi connectivity index (χ0) is 12.4. The van der Waals surface area contributed by atoms with E-state index in [4.69, 9.17) is 11.1 Å². The highest BCUT2D eigenvalue weighted by molar-refractivity contribution is 5.79. The van der Waals surface area contributed by atoms with Crippen molar-refractivity contribution in [3.05, 3.63) is 17.6 Å². The van der Waals surface area contributed by atoms with Crippen LogP contribution in [-0.4, -0.2) is 28.9 Å². The van der Waals surface area contributed by atoms with Gasteiger partial charge in [0.1, 0.15) is 5.82 Å². The molecule has 1 saturated heterocycles. The molecule has 0 saturated carbocycles. The summed E-state index contributed by atoms with van der Waals surface area (Å²) in [4.78, 5) is 11.1. The fraction of sp³-hybridized carbons (Fsp3) is 0.583. The Kier molecular flexibility index (Phi) is 3.26. The fourth-order valence-electron chi connectivity index (χ4n) is 2.23. The molecule has 17 heavy (non-hydrogen) atoms. The predicted molar refractivity (Wildman–Crippen MR) is 68.4 cm³/mol. The number of nitrogens with two attached hydrogens (primary N) is 1. The minimum Gasteiger partial charge on any atom is -0.387 e. The van der Waals surface area contributed by atoms with Crippen LogP contribution in [0.1, 0.15) is 24.2 Å². The van der Waals surface area contributed by atoms with Crippen molar-refractivity contribution < 1.29 is 0 Å². The molecule has 5 heteroatoms. The smallest absolute Gasteiger partial charge is 0.150 e. The normalized spacial score (nSPS) is 17.2. The molecule has 1 aliphatic heterocycles. The fourth-order valence-corrected chi connectivity index (χ4v) is 2.23. The van der Waals surface area contributed by atoms with Gasteiger partial charge < -0.3 is 10.6 Å². The largest absolute Gasteiger partial charge is 0.387 e. The van der Waals surface area contributed by atoms with E-state index in [1.165, 1.54) is 0 Å². The van der Waals surface area contributed by atoms with E-state index in [0.717, 1.165) is 43.1 Å². The molecule has 2 rings (SSSR count). The first kappa shape index (κ1) is 11.8. The molecule has 3 N–H and O–H groups in total. The van der Waals surface area contributed by atoms with Gasteiger partial charge in [0.2, 0.25) is 0 Å². The van der Waals surface area contributed by atoms with E-state index in [1.807, 2.05) is 13.8 Å². The van der Waals surface area contributed by atoms with Crippen LogP contribution in [0.5, 0.6) is 0 Å². The van der Waals surface area contributed by atoms with Gasteiger partial charge in [0.15, 0.2) is 0 Å². The Balaban J connectivity index is 2.10. The molecule has 0 unspecified atom stereocenters. The van der Waals surface area contributed by atoms with Crippen LogP contribution in [0, 0.1) is 25.2 Å². The average Bonchev–Trinajstić information content (AvgIpc) is 2.32. The molecule has 0 spiro atoms. The van der Waals surface area contributed by atoms with Gasteiger partial charge in [-0.25, -0.2) is 4.98 Å². The maximum Gasteiger partial charge on any atom is 0.150 e. The Hall–Kier alpha value is -1.65. The number of amidine groups is 1. The highest BCUT2D eigenvalue weighted by Crippen LogP contribution is 2.23. The summed E-state index contributed by atoms with van der Waals surface area (Å²) in [6.07, 6.45) is 3.66. The minimum absolute atomic E-state index is 0.240. The topological polar surface area (TPSA) is 78.9 Å². The van der Waals surface area contributed by atoms with Crippen molar-refractivity contribution >= 4 is 11.7 Å². The van der Waals surface area contributed by atoms with Gasteiger partial charge in [-0.3, -0.25) is 10.4 Å². The van der Waals surface area contributed by atoms with Gasteiger partial charge in [-0.15, -0.1) is 0 Å². The zero-order valence-electron chi connectivity index (χ0n) is 10.4. The predicted octanol–water partition coefficient (Wildman–Crippen LogP) is 1.25. The van der Waals surface area contributed by atoms with Crippen molar-refractivity contribution in [1.29, 1.82) is 5.41 Å². The SMILES string of the molecule is Cc1cnc(C)c(N2CCC(C(=N)N)CC2)n1. The molecule has 92 valence electrons. The van der Waals surface area contributed by atoms with Gasteiger partial charge in [-0.05, 0) is 26.7 Å². The summed E-state index contributed by atoms with van der Waals surface area (Å²) in [5.41, 5.74) is 7.46. The summed E-state index contributed by atoms with van der Waals surface area (Å²) < 4.78 is 0. The van der Waals surface area contributed by atoms with Crippen molar-refractivity contribution in [3.8, 4) is 0 Å². The number of hydrogen-bond acceptors (Lipinski definition) is 4. The number of hydrogen-bond donors (Lipinski definition) is 2. The lowest BCUT2D eigenvalue weighted by Gasteiger charge is -2.32. The molecule has 0 aromatic carbocycles. The number of nitrogens with one attached hydrogen (secondary N) is 1. The molecule has 0 aliphatic carbocycles. The summed E-state index contributed by atoms with van der Waals surface area (Å²) in [7, 11) is 0. The van der Waals surface area contributed by atoms with Crippen LogP contribution in [0.3, 0.4) is 0 Å². The lowest BCUT2D eigenvalue weighted by molar-refractivity contribution is 0.494. The van der Waals surface area contributed by atoms with Crippen LogP contribution in [0.4, 0.5) is 5.82 Å². The summed E-state index contributed by atoms with van der Waals surface area (Å²) in [5, 5.41) is 7.47. The van der Waals surface area contributed by atoms with E-state index in [0.29, 0.717) is 5.84 Å². The summed E-state index contributed by atoms with van der Waals surface area (Å²) in [6.45, 7) is 5.75. The quantitative estimate of drug-likeness (QED) is 0.595. The van der Waals surface area contributed by atoms with E-state index < -0.39 is 0 Å². The van der Waals surface area contributed by atoms with Crippen LogP contribution in [0.15, 0.2) is 6.20 Å². The molecular formula is C12H19N5. The third-order valence-electron chi connectivity index (χ3n) is 3.29. The molecular weight excluding hydrogens is 214 g/mol. The maximum absolute atomic E-state index is 7.47. The Bertz CT molecular complexity index is 421. The lowest BCUT2D eigenvalue weighted by Crippen LogP contribution is -2.39. The van der Waals surface area contributed by atoms with E-state index >= 15 is 0 Å². The van der Waals surface area contributed by atoms with Gasteiger partial charge in [0.05, 0.1) is 17.2 Å². The standard InChI is InChI=1S/C12H19N5/c1-8-7-15-9(2)12(16-8)17-5-3-10(4-6-17)11(13)14/h7,10H,3-6H2,1-2H3,(H3,13,14). The van der Waals surface area contributed by atoms with Crippen LogP contribution in [0.2, 0.25) is 0 Å². The molecule has 0 atom stereocenters. The van der Waals surface area contributed by atoms with E-state index in [9.17, 15) is 0 Å². The summed E-state index contributed by atoms with van der Waals surface area (Å²) in [6, 6.07) is 0. The number of anilines is 1. The first-order valence-electron chi connectivity index (χ1n) is 5.97. The highest BCUT2D eigenvalue weighted by Gasteiger charge is 2.23. The van der Waals surface area contributed by atoms with Crippen LogP contribution < -0.4 is 10.6 Å². The second kappa shape index (κ2) is 4.69. The number of rotatable bonds is 2. The molecule has 0 bridgehead atoms. The van der Waals surface area contributed by atoms with E-state index in [-0.39, 0.29) is 5.92 Å². The number of piperidine rings is 1. The van der Waals surface area contributed by atoms with E-state index in [1.54, 1.807) is 6.20 Å². The monoisotopic (exact) mass is 233 g/mol. The van der Waals surface area contributed by atoms with Crippen molar-refractivity contribution in [2.24, 2.45) is 11.7 Å². The van der Waals surface area contributed by atoms with Crippen molar-refractivity contribution in [2.45, 2.75) is 26.7 Å². The summed E-state index contributed by atoms with van der Waals surface area (Å²) in [5.74, 6) is 1.54. The maximum atomic E-state index is 7.47. The summed E-state index contributed by atoms with van der Waals surface area (Å²) >= 11 is 0. The second-order valence-electron chi connectivity index (χ2n) is 4.64. The first-order chi connectivity index (χ1) is 8.08. The first-order valence-corrected chi connectivity index (χ1v) is 5.97. The molecule has 5 nitrogen and oxygen atoms in total. The molecule has 1 fully saturated rings. The Morgan fingerprint density at radius 2 is 2.06 bits per heavy atom. The molecule has 1 aliphatic rings. The molecule has 0 amide bonds. The highest BCUT2D eigenvalue weighted by atomic mass is 15.2. The average molecular weight is 233 g/mol. The Morgan fingerprint density at radius 3 is 2.65 bits per heavy atom. The minimum atomic E-state index is 0.240. The number of aryl methyl sites for hydroxylation is 2. The second-order valence-corrected chi connectivity index (χ2v) is 4.64. The van der Waals surface area contributed by atoms with Gasteiger partial charge in [-0.1, -0.05) is 0 Å². The van der Waals surface area contributed by atoms with Gasteiger partial charge in [0.25, 0.3) is 0 Å². The third-order valence-corrected chi connectivity index (χ3v) is 3.29. The number of aromatic nitrogens is 2. The Labute approximate surface area is 102 Å². The lowest BCUT2D eigenvalue weighted by atomic mass is 9.96. The molecule has 0 radical (unpaired) electrons. The van der Waals surface area contributed by atoms with Crippen molar-refractivity contribution in [2.75, 3.05) is 18.0 Å². The van der Waals surface area contributed by atoms with Gasteiger partial charge in [-0.2, -0.15) is 0 Å².